The lowest BCUT2D eigenvalue weighted by Gasteiger charge is -2.02. The lowest BCUT2D eigenvalue weighted by atomic mass is 10.2. The maximum absolute atomic E-state index is 11.2. The fourth-order valence-corrected chi connectivity index (χ4v) is 0.738. The van der Waals surface area contributed by atoms with E-state index in [1.807, 2.05) is 6.08 Å². The lowest BCUT2D eigenvalue weighted by Crippen LogP contribution is -2.03. The number of carbonyl (C=O) groups is 1. The predicted octanol–water partition coefficient (Wildman–Crippen LogP) is 3.38. The van der Waals surface area contributed by atoms with E-state index in [2.05, 4.69) is 6.92 Å². The van der Waals surface area contributed by atoms with Crippen molar-refractivity contribution in [3.63, 3.8) is 0 Å². The van der Waals surface area contributed by atoms with Gasteiger partial charge in [-0.2, -0.15) is 0 Å². The summed E-state index contributed by atoms with van der Waals surface area (Å²) in [5, 5.41) is 0. The van der Waals surface area contributed by atoms with Crippen LogP contribution in [0.3, 0.4) is 0 Å². The van der Waals surface area contributed by atoms with Crippen LogP contribution in [0.15, 0.2) is 22.9 Å². The highest BCUT2D eigenvalue weighted by molar-refractivity contribution is 6.25. The van der Waals surface area contributed by atoms with Crippen molar-refractivity contribution in [2.75, 3.05) is 0 Å². The van der Waals surface area contributed by atoms with Crippen molar-refractivity contribution in [1.29, 1.82) is 0 Å². The summed E-state index contributed by atoms with van der Waals surface area (Å²) in [6, 6.07) is 0. The van der Waals surface area contributed by atoms with Gasteiger partial charge in [0.15, 0.2) is 0 Å². The number of hydrogen-bond acceptors (Lipinski definition) is 2. The van der Waals surface area contributed by atoms with Crippen molar-refractivity contribution >= 4 is 17.6 Å². The quantitative estimate of drug-likeness (QED) is 0.397. The Morgan fingerprint density at radius 1 is 1.46 bits per heavy atom. The van der Waals surface area contributed by atoms with Gasteiger partial charge in [0.2, 0.25) is 0 Å². The summed E-state index contributed by atoms with van der Waals surface area (Å²) >= 11 is 5.35. The molecular weight excluding hydrogens is 188 g/mol. The second-order valence-electron chi connectivity index (χ2n) is 2.79. The van der Waals surface area contributed by atoms with Gasteiger partial charge in [0.05, 0.1) is 0 Å². The van der Waals surface area contributed by atoms with Crippen LogP contribution in [-0.2, 0) is 9.53 Å². The minimum atomic E-state index is -0.331. The van der Waals surface area contributed by atoms with E-state index in [0.717, 1.165) is 12.8 Å². The van der Waals surface area contributed by atoms with Crippen LogP contribution in [0, 0.1) is 0 Å². The summed E-state index contributed by atoms with van der Waals surface area (Å²) < 4.78 is 4.88. The van der Waals surface area contributed by atoms with Crippen LogP contribution >= 0.6 is 11.6 Å². The Morgan fingerprint density at radius 3 is 2.54 bits per heavy atom. The number of halogens is 1. The standard InChI is InChI=1S/C10H15ClO2/c1-4-5-6-8(2)10(12)13-9(3)7-11/h6-7H,4-5H2,1-3H3. The van der Waals surface area contributed by atoms with Crippen LogP contribution in [0.4, 0.5) is 0 Å². The largest absolute Gasteiger partial charge is 0.427 e. The molecule has 0 aromatic heterocycles. The SMILES string of the molecule is CCCC=C(C)C(=O)OC(C)=CCl. The van der Waals surface area contributed by atoms with E-state index in [9.17, 15) is 4.79 Å². The molecule has 0 saturated carbocycles. The molecule has 0 bridgehead atoms. The molecule has 0 aliphatic carbocycles. The summed E-state index contributed by atoms with van der Waals surface area (Å²) in [5.41, 5.74) is 1.87. The van der Waals surface area contributed by atoms with Crippen LogP contribution in [0.25, 0.3) is 0 Å². The van der Waals surface area contributed by atoms with Gasteiger partial charge in [0.25, 0.3) is 0 Å². The summed E-state index contributed by atoms with van der Waals surface area (Å²) in [5.74, 6) is 0.0822. The van der Waals surface area contributed by atoms with Crippen molar-refractivity contribution in [3.05, 3.63) is 22.9 Å². The lowest BCUT2D eigenvalue weighted by molar-refractivity contribution is -0.134. The van der Waals surface area contributed by atoms with E-state index in [1.54, 1.807) is 13.8 Å². The summed E-state index contributed by atoms with van der Waals surface area (Å²) in [6.07, 6.45) is 3.78. The molecule has 0 spiro atoms. The molecule has 2 nitrogen and oxygen atoms in total. The first-order valence-electron chi connectivity index (χ1n) is 4.27. The average Bonchev–Trinajstić information content (AvgIpc) is 2.13. The maximum Gasteiger partial charge on any atom is 0.338 e. The van der Waals surface area contributed by atoms with E-state index in [0.29, 0.717) is 11.3 Å². The Kier molecular flexibility index (Phi) is 6.33. The second kappa shape index (κ2) is 6.72. The summed E-state index contributed by atoms with van der Waals surface area (Å²) in [7, 11) is 0. The Bertz CT molecular complexity index is 229. The molecule has 0 heterocycles. The third kappa shape index (κ3) is 5.47. The van der Waals surface area contributed by atoms with Crippen molar-refractivity contribution in [2.45, 2.75) is 33.6 Å². The first-order valence-corrected chi connectivity index (χ1v) is 4.71. The highest BCUT2D eigenvalue weighted by Crippen LogP contribution is 2.05. The Balaban J connectivity index is 4.11. The zero-order valence-corrected chi connectivity index (χ0v) is 9.02. The van der Waals surface area contributed by atoms with Gasteiger partial charge in [-0.3, -0.25) is 0 Å². The third-order valence-corrected chi connectivity index (χ3v) is 1.78. The first kappa shape index (κ1) is 12.2. The fourth-order valence-electron chi connectivity index (χ4n) is 0.693. The van der Waals surface area contributed by atoms with Crippen molar-refractivity contribution < 1.29 is 9.53 Å². The van der Waals surface area contributed by atoms with Crippen LogP contribution in [-0.4, -0.2) is 5.97 Å². The van der Waals surface area contributed by atoms with E-state index in [1.165, 1.54) is 5.54 Å². The molecule has 0 saturated heterocycles. The molecule has 0 N–H and O–H groups in total. The molecule has 0 rings (SSSR count). The molecule has 0 aromatic carbocycles. The molecule has 0 radical (unpaired) electrons. The van der Waals surface area contributed by atoms with Crippen LogP contribution in [0.5, 0.6) is 0 Å². The fraction of sp³-hybridized carbons (Fsp3) is 0.500. The van der Waals surface area contributed by atoms with Crippen molar-refractivity contribution in [3.8, 4) is 0 Å². The summed E-state index contributed by atoms with van der Waals surface area (Å²) in [6.45, 7) is 5.43. The number of hydrogen-bond donors (Lipinski definition) is 0. The van der Waals surface area contributed by atoms with Gasteiger partial charge in [0.1, 0.15) is 5.76 Å². The molecule has 0 unspecified atom stereocenters. The summed E-state index contributed by atoms with van der Waals surface area (Å²) in [4.78, 5) is 11.2. The van der Waals surface area contributed by atoms with Crippen LogP contribution in [0.2, 0.25) is 0 Å². The van der Waals surface area contributed by atoms with Crippen molar-refractivity contribution in [2.24, 2.45) is 0 Å². The van der Waals surface area contributed by atoms with E-state index < -0.39 is 0 Å². The highest BCUT2D eigenvalue weighted by Gasteiger charge is 2.05. The third-order valence-electron chi connectivity index (χ3n) is 1.47. The van der Waals surface area contributed by atoms with Gasteiger partial charge in [-0.05, 0) is 20.3 Å². The maximum atomic E-state index is 11.2. The number of esters is 1. The molecule has 0 amide bonds. The number of rotatable bonds is 4. The predicted molar refractivity (Wildman–Crippen MR) is 54.4 cm³/mol. The Labute approximate surface area is 84.2 Å². The minimum Gasteiger partial charge on any atom is -0.427 e. The normalized spacial score (nSPS) is 12.9. The van der Waals surface area contributed by atoms with E-state index >= 15 is 0 Å². The van der Waals surface area contributed by atoms with Gasteiger partial charge in [-0.1, -0.05) is 31.0 Å². The zero-order valence-electron chi connectivity index (χ0n) is 8.26. The molecule has 0 aliphatic rings. The first-order chi connectivity index (χ1) is 6.11. The van der Waals surface area contributed by atoms with Gasteiger partial charge in [-0.15, -0.1) is 0 Å². The number of unbranched alkanes of at least 4 members (excludes halogenated alkanes) is 1. The topological polar surface area (TPSA) is 26.3 Å². The number of allylic oxidation sites excluding steroid dienone is 2. The zero-order chi connectivity index (χ0) is 10.3. The molecule has 0 aromatic rings. The molecule has 0 aliphatic heterocycles. The van der Waals surface area contributed by atoms with Gasteiger partial charge >= 0.3 is 5.97 Å². The molecule has 0 atom stereocenters. The second-order valence-corrected chi connectivity index (χ2v) is 3.00. The average molecular weight is 203 g/mol. The van der Waals surface area contributed by atoms with E-state index in [4.69, 9.17) is 16.3 Å². The molecule has 13 heavy (non-hydrogen) atoms. The minimum absolute atomic E-state index is 0.331. The molecular formula is C10H15ClO2. The molecule has 3 heteroatoms. The molecule has 74 valence electrons. The van der Waals surface area contributed by atoms with Gasteiger partial charge in [-0.25, -0.2) is 4.79 Å². The van der Waals surface area contributed by atoms with Gasteiger partial charge < -0.3 is 4.74 Å². The van der Waals surface area contributed by atoms with Crippen LogP contribution < -0.4 is 0 Å². The Morgan fingerprint density at radius 2 is 2.08 bits per heavy atom. The molecule has 0 fully saturated rings. The smallest absolute Gasteiger partial charge is 0.338 e. The number of carbonyl (C=O) groups excluding carboxylic acids is 1. The Hall–Kier alpha value is -0.760. The van der Waals surface area contributed by atoms with Crippen LogP contribution in [0.1, 0.15) is 33.6 Å². The monoisotopic (exact) mass is 202 g/mol. The number of ether oxygens (including phenoxy) is 1. The van der Waals surface area contributed by atoms with Gasteiger partial charge in [0, 0.05) is 11.1 Å². The highest BCUT2D eigenvalue weighted by atomic mass is 35.5. The van der Waals surface area contributed by atoms with E-state index in [-0.39, 0.29) is 5.97 Å². The van der Waals surface area contributed by atoms with Crippen molar-refractivity contribution in [1.82, 2.24) is 0 Å².